The molecule has 290 valence electrons. The second-order valence-electron chi connectivity index (χ2n) is 19.7. The molecule has 0 bridgehead atoms. The van der Waals surface area contributed by atoms with E-state index in [1.54, 1.807) is 0 Å². The first-order chi connectivity index (χ1) is 29.5. The van der Waals surface area contributed by atoms with Crippen molar-refractivity contribution < 1.29 is 0 Å². The van der Waals surface area contributed by atoms with Crippen LogP contribution in [0.1, 0.15) is 52.7 Å². The van der Waals surface area contributed by atoms with Crippen molar-refractivity contribution in [2.45, 2.75) is 52.4 Å². The van der Waals surface area contributed by atoms with E-state index in [1.807, 2.05) is 0 Å². The van der Waals surface area contributed by atoms with Gasteiger partial charge in [0, 0.05) is 33.5 Å². The molecular formula is C58H45BN2. The Morgan fingerprint density at radius 2 is 1.07 bits per heavy atom. The van der Waals surface area contributed by atoms with Crippen molar-refractivity contribution in [3.63, 3.8) is 0 Å². The van der Waals surface area contributed by atoms with Crippen molar-refractivity contribution in [2.75, 3.05) is 4.90 Å². The number of aromatic nitrogens is 1. The topological polar surface area (TPSA) is 8.17 Å². The van der Waals surface area contributed by atoms with E-state index in [1.165, 1.54) is 127 Å². The van der Waals surface area contributed by atoms with Crippen LogP contribution in [-0.4, -0.2) is 11.3 Å². The van der Waals surface area contributed by atoms with Crippen molar-refractivity contribution in [3.05, 3.63) is 175 Å². The van der Waals surface area contributed by atoms with Crippen LogP contribution in [0.2, 0.25) is 0 Å². The van der Waals surface area contributed by atoms with Gasteiger partial charge in [0.15, 0.2) is 0 Å². The van der Waals surface area contributed by atoms with Crippen LogP contribution in [0.5, 0.6) is 0 Å². The molecule has 61 heavy (non-hydrogen) atoms. The van der Waals surface area contributed by atoms with Crippen molar-refractivity contribution >= 4 is 83.5 Å². The second kappa shape index (κ2) is 11.9. The van der Waals surface area contributed by atoms with Crippen LogP contribution in [-0.2, 0) is 10.8 Å². The van der Waals surface area contributed by atoms with Gasteiger partial charge in [-0.05, 0) is 136 Å². The van der Waals surface area contributed by atoms with E-state index in [0.717, 1.165) is 0 Å². The highest BCUT2D eigenvalue weighted by molar-refractivity contribution is 7.00. The molecule has 0 unspecified atom stereocenters. The zero-order valence-corrected chi connectivity index (χ0v) is 35.6. The molecular weight excluding hydrogens is 735 g/mol. The molecule has 2 nitrogen and oxygen atoms in total. The van der Waals surface area contributed by atoms with Gasteiger partial charge in [-0.15, -0.1) is 0 Å². The molecule has 0 atom stereocenters. The molecule has 0 spiro atoms. The van der Waals surface area contributed by atoms with Crippen molar-refractivity contribution in [3.8, 4) is 39.1 Å². The normalized spacial score (nSPS) is 13.7. The maximum Gasteiger partial charge on any atom is 0.252 e. The smallest absolute Gasteiger partial charge is 0.252 e. The Hall–Kier alpha value is -6.84. The summed E-state index contributed by atoms with van der Waals surface area (Å²) >= 11 is 0. The zero-order chi connectivity index (χ0) is 41.1. The summed E-state index contributed by atoms with van der Waals surface area (Å²) in [4.78, 5) is 2.57. The number of hydrogen-bond donors (Lipinski definition) is 0. The maximum atomic E-state index is 2.66. The molecule has 3 aliphatic rings. The first kappa shape index (κ1) is 35.0. The summed E-state index contributed by atoms with van der Waals surface area (Å²) in [7, 11) is 0. The summed E-state index contributed by atoms with van der Waals surface area (Å²) in [5.74, 6) is 0. The molecule has 13 rings (SSSR count). The van der Waals surface area contributed by atoms with Crippen molar-refractivity contribution in [1.29, 1.82) is 0 Å². The highest BCUT2D eigenvalue weighted by Crippen LogP contribution is 2.51. The Kier molecular flexibility index (Phi) is 6.83. The molecule has 3 heteroatoms. The highest BCUT2D eigenvalue weighted by atomic mass is 15.2. The highest BCUT2D eigenvalue weighted by Gasteiger charge is 2.44. The van der Waals surface area contributed by atoms with E-state index in [0.29, 0.717) is 0 Å². The fourth-order valence-electron chi connectivity index (χ4n) is 11.2. The number of anilines is 3. The summed E-state index contributed by atoms with van der Waals surface area (Å²) in [6, 6.07) is 63.0. The van der Waals surface area contributed by atoms with E-state index in [9.17, 15) is 0 Å². The monoisotopic (exact) mass is 780 g/mol. The number of benzene rings is 9. The standard InChI is InChI=1S/C58H45BN2/c1-57(2,3)39-21-24-41(25-22-39)60-48-29-23-40(58(4,5)6)33-47(48)59-46-27-26-45-43-16-10-9-15-42(43)44-17-11-14-35-20-28-49-54(52(35)44)53(45)56(46)61(49)51-32-38(31-50(60)55(51)59)37-19-18-34-12-7-8-13-36(34)30-37/h7-33H,1-6H3. The van der Waals surface area contributed by atoms with E-state index >= 15 is 0 Å². The summed E-state index contributed by atoms with van der Waals surface area (Å²) in [6.45, 7) is 14.0. The van der Waals surface area contributed by atoms with Crippen LogP contribution in [0.25, 0.3) is 82.4 Å². The van der Waals surface area contributed by atoms with Gasteiger partial charge in [0.25, 0.3) is 6.71 Å². The predicted molar refractivity (Wildman–Crippen MR) is 262 cm³/mol. The summed E-state index contributed by atoms with van der Waals surface area (Å²) in [6.07, 6.45) is 0. The third kappa shape index (κ3) is 4.75. The van der Waals surface area contributed by atoms with Gasteiger partial charge in [-0.1, -0.05) is 163 Å². The fraction of sp³-hybridized carbons (Fsp3) is 0.138. The van der Waals surface area contributed by atoms with Gasteiger partial charge in [-0.2, -0.15) is 0 Å². The SMILES string of the molecule is CC(C)(C)c1ccc(N2c3ccc(C(C)(C)C)cc3B3c4c2cc(-c2ccc5ccccc5c2)cc4-n2c4ccc5cccc6c5c4c4c(ccc3c42)-c2ccccc2-6)cc1. The average molecular weight is 781 g/mol. The number of fused-ring (bicyclic) bond motifs is 9. The minimum atomic E-state index is -0.0161. The summed E-state index contributed by atoms with van der Waals surface area (Å²) < 4.78 is 2.66. The molecule has 0 saturated carbocycles. The Balaban J connectivity index is 1.21. The molecule has 0 radical (unpaired) electrons. The van der Waals surface area contributed by atoms with Crippen LogP contribution in [0.15, 0.2) is 164 Å². The van der Waals surface area contributed by atoms with E-state index < -0.39 is 0 Å². The third-order valence-electron chi connectivity index (χ3n) is 14.2. The maximum absolute atomic E-state index is 2.66. The Bertz CT molecular complexity index is 3550. The second-order valence-corrected chi connectivity index (χ2v) is 19.7. The van der Waals surface area contributed by atoms with Crippen LogP contribution in [0, 0.1) is 0 Å². The van der Waals surface area contributed by atoms with Gasteiger partial charge < -0.3 is 9.47 Å². The average Bonchev–Trinajstić information content (AvgIpc) is 3.56. The molecule has 0 fully saturated rings. The van der Waals surface area contributed by atoms with Gasteiger partial charge in [0.1, 0.15) is 0 Å². The molecule has 3 heterocycles. The molecule has 10 aromatic rings. The minimum Gasteiger partial charge on any atom is -0.311 e. The predicted octanol–water partition coefficient (Wildman–Crippen LogP) is 13.6. The molecule has 1 aliphatic carbocycles. The molecule has 0 amide bonds. The van der Waals surface area contributed by atoms with Crippen LogP contribution in [0.3, 0.4) is 0 Å². The largest absolute Gasteiger partial charge is 0.311 e. The number of hydrogen-bond acceptors (Lipinski definition) is 1. The van der Waals surface area contributed by atoms with Crippen LogP contribution >= 0.6 is 0 Å². The third-order valence-corrected chi connectivity index (χ3v) is 14.2. The van der Waals surface area contributed by atoms with Crippen molar-refractivity contribution in [1.82, 2.24) is 4.57 Å². The first-order valence-electron chi connectivity index (χ1n) is 21.9. The van der Waals surface area contributed by atoms with Gasteiger partial charge >= 0.3 is 0 Å². The summed E-state index contributed by atoms with van der Waals surface area (Å²) in [5, 5.41) is 7.87. The van der Waals surface area contributed by atoms with E-state index in [4.69, 9.17) is 0 Å². The van der Waals surface area contributed by atoms with Gasteiger partial charge in [0.2, 0.25) is 0 Å². The molecule has 0 N–H and O–H groups in total. The lowest BCUT2D eigenvalue weighted by atomic mass is 9.33. The van der Waals surface area contributed by atoms with Gasteiger partial charge in [0.05, 0.1) is 11.0 Å². The fourth-order valence-corrected chi connectivity index (χ4v) is 11.2. The van der Waals surface area contributed by atoms with E-state index in [2.05, 4.69) is 215 Å². The first-order valence-corrected chi connectivity index (χ1v) is 21.9. The lowest BCUT2D eigenvalue weighted by Crippen LogP contribution is -2.60. The van der Waals surface area contributed by atoms with Gasteiger partial charge in [-0.3, -0.25) is 0 Å². The molecule has 9 aromatic carbocycles. The van der Waals surface area contributed by atoms with E-state index in [-0.39, 0.29) is 17.5 Å². The summed E-state index contributed by atoms with van der Waals surface area (Å²) in [5.41, 5.74) is 22.1. The minimum absolute atomic E-state index is 0.0161. The Morgan fingerprint density at radius 1 is 0.410 bits per heavy atom. The number of nitrogens with zero attached hydrogens (tertiary/aromatic N) is 2. The Labute approximate surface area is 357 Å². The quantitative estimate of drug-likeness (QED) is 0.159. The van der Waals surface area contributed by atoms with Crippen LogP contribution in [0.4, 0.5) is 17.1 Å². The van der Waals surface area contributed by atoms with Gasteiger partial charge in [-0.25, -0.2) is 0 Å². The lowest BCUT2D eigenvalue weighted by molar-refractivity contribution is 0.590. The van der Waals surface area contributed by atoms with Crippen molar-refractivity contribution in [2.24, 2.45) is 0 Å². The van der Waals surface area contributed by atoms with Crippen LogP contribution < -0.4 is 21.3 Å². The number of rotatable bonds is 2. The molecule has 1 aromatic heterocycles. The Morgan fingerprint density at radius 3 is 1.84 bits per heavy atom. The molecule has 2 aliphatic heterocycles. The lowest BCUT2D eigenvalue weighted by Gasteiger charge is -2.41. The zero-order valence-electron chi connectivity index (χ0n) is 35.6. The molecule has 0 saturated heterocycles.